The largest absolute Gasteiger partial charge is 0.397 e. The molecule has 2 N–H and O–H groups in total. The van der Waals surface area contributed by atoms with Gasteiger partial charge in [0.1, 0.15) is 0 Å². The normalized spacial score (nSPS) is 13.3. The predicted octanol–water partition coefficient (Wildman–Crippen LogP) is 3.70. The molecule has 0 atom stereocenters. The molecule has 0 amide bonds. The van der Waals surface area contributed by atoms with Crippen molar-refractivity contribution in [3.05, 3.63) is 58.7 Å². The van der Waals surface area contributed by atoms with E-state index in [1.165, 1.54) is 41.5 Å². The van der Waals surface area contributed by atoms with Crippen LogP contribution in [-0.4, -0.2) is 7.05 Å². The van der Waals surface area contributed by atoms with E-state index in [2.05, 4.69) is 43.1 Å². The van der Waals surface area contributed by atoms with Gasteiger partial charge in [-0.1, -0.05) is 30.3 Å². The topological polar surface area (TPSA) is 29.3 Å². The van der Waals surface area contributed by atoms with Gasteiger partial charge in [-0.15, -0.1) is 0 Å². The highest BCUT2D eigenvalue weighted by atomic mass is 15.1. The Balaban J connectivity index is 1.84. The number of nitrogens with zero attached hydrogens (tertiary/aromatic N) is 1. The lowest BCUT2D eigenvalue weighted by Crippen LogP contribution is -2.19. The minimum atomic E-state index is 0.855. The molecule has 0 saturated heterocycles. The van der Waals surface area contributed by atoms with Crippen LogP contribution in [0.25, 0.3) is 0 Å². The van der Waals surface area contributed by atoms with Crippen molar-refractivity contribution in [3.63, 3.8) is 0 Å². The first-order chi connectivity index (χ1) is 9.65. The van der Waals surface area contributed by atoms with Gasteiger partial charge in [0.15, 0.2) is 0 Å². The summed E-state index contributed by atoms with van der Waals surface area (Å²) in [5.74, 6) is 0. The molecule has 0 unspecified atom stereocenters. The van der Waals surface area contributed by atoms with Crippen LogP contribution in [0.15, 0.2) is 36.4 Å². The molecule has 1 aliphatic rings. The number of aryl methyl sites for hydroxylation is 3. The smallest absolute Gasteiger partial charge is 0.0630 e. The van der Waals surface area contributed by atoms with E-state index < -0.39 is 0 Å². The van der Waals surface area contributed by atoms with Crippen LogP contribution in [-0.2, 0) is 19.4 Å². The van der Waals surface area contributed by atoms with Crippen molar-refractivity contribution in [2.24, 2.45) is 0 Å². The van der Waals surface area contributed by atoms with Gasteiger partial charge in [-0.3, -0.25) is 0 Å². The van der Waals surface area contributed by atoms with Crippen LogP contribution in [0.3, 0.4) is 0 Å². The van der Waals surface area contributed by atoms with E-state index in [0.29, 0.717) is 0 Å². The molecular weight excluding hydrogens is 244 g/mol. The SMILES string of the molecule is Cc1cccc(N)c1N(C)Cc1ccc2c(c1)CCC2. The maximum absolute atomic E-state index is 6.12. The molecule has 0 spiro atoms. The van der Waals surface area contributed by atoms with Gasteiger partial charge in [0.05, 0.1) is 11.4 Å². The Hall–Kier alpha value is -1.96. The lowest BCUT2D eigenvalue weighted by molar-refractivity contribution is 0.906. The van der Waals surface area contributed by atoms with Crippen LogP contribution in [0, 0.1) is 6.92 Å². The van der Waals surface area contributed by atoms with E-state index in [0.717, 1.165) is 17.9 Å². The molecule has 0 heterocycles. The maximum atomic E-state index is 6.12. The van der Waals surface area contributed by atoms with Crippen molar-refractivity contribution >= 4 is 11.4 Å². The number of anilines is 2. The van der Waals surface area contributed by atoms with Gasteiger partial charge >= 0.3 is 0 Å². The molecule has 0 aliphatic heterocycles. The zero-order valence-electron chi connectivity index (χ0n) is 12.3. The lowest BCUT2D eigenvalue weighted by atomic mass is 10.1. The van der Waals surface area contributed by atoms with Crippen molar-refractivity contribution in [2.45, 2.75) is 32.7 Å². The number of hydrogen-bond donors (Lipinski definition) is 1. The summed E-state index contributed by atoms with van der Waals surface area (Å²) < 4.78 is 0. The van der Waals surface area contributed by atoms with Crippen LogP contribution in [0.1, 0.15) is 28.7 Å². The predicted molar refractivity (Wildman–Crippen MR) is 86.2 cm³/mol. The van der Waals surface area contributed by atoms with E-state index in [1.54, 1.807) is 0 Å². The summed E-state index contributed by atoms with van der Waals surface area (Å²) in [5.41, 5.74) is 13.8. The fraction of sp³-hybridized carbons (Fsp3) is 0.333. The first-order valence-corrected chi connectivity index (χ1v) is 7.32. The molecule has 20 heavy (non-hydrogen) atoms. The summed E-state index contributed by atoms with van der Waals surface area (Å²) in [6, 6.07) is 13.0. The Labute approximate surface area is 121 Å². The fourth-order valence-corrected chi connectivity index (χ4v) is 3.28. The molecular formula is C18H22N2. The Morgan fingerprint density at radius 3 is 2.70 bits per heavy atom. The molecule has 0 aromatic heterocycles. The third kappa shape index (κ3) is 2.38. The second kappa shape index (κ2) is 5.20. The number of rotatable bonds is 3. The molecule has 2 aromatic rings. The Kier molecular flexibility index (Phi) is 3.39. The molecule has 0 fully saturated rings. The number of para-hydroxylation sites is 1. The quantitative estimate of drug-likeness (QED) is 0.858. The second-order valence-electron chi connectivity index (χ2n) is 5.83. The highest BCUT2D eigenvalue weighted by Crippen LogP contribution is 2.28. The van der Waals surface area contributed by atoms with Crippen molar-refractivity contribution in [2.75, 3.05) is 17.7 Å². The molecule has 2 heteroatoms. The highest BCUT2D eigenvalue weighted by Gasteiger charge is 2.13. The monoisotopic (exact) mass is 266 g/mol. The number of hydrogen-bond acceptors (Lipinski definition) is 2. The zero-order valence-corrected chi connectivity index (χ0v) is 12.3. The standard InChI is InChI=1S/C18H22N2/c1-13-5-3-8-17(19)18(13)20(2)12-14-9-10-15-6-4-7-16(15)11-14/h3,5,8-11H,4,6-7,12,19H2,1-2H3. The average molecular weight is 266 g/mol. The van der Waals surface area contributed by atoms with Crippen molar-refractivity contribution in [3.8, 4) is 0 Å². The van der Waals surface area contributed by atoms with E-state index in [9.17, 15) is 0 Å². The summed E-state index contributed by atoms with van der Waals surface area (Å²) in [6.45, 7) is 3.02. The van der Waals surface area contributed by atoms with Gasteiger partial charge in [-0.05, 0) is 54.5 Å². The van der Waals surface area contributed by atoms with Crippen molar-refractivity contribution < 1.29 is 0 Å². The second-order valence-corrected chi connectivity index (χ2v) is 5.83. The minimum absolute atomic E-state index is 0.855. The summed E-state index contributed by atoms with van der Waals surface area (Å²) in [4.78, 5) is 2.25. The molecule has 104 valence electrons. The summed E-state index contributed by atoms with van der Waals surface area (Å²) >= 11 is 0. The van der Waals surface area contributed by atoms with Crippen LogP contribution >= 0.6 is 0 Å². The van der Waals surface area contributed by atoms with Gasteiger partial charge in [-0.2, -0.15) is 0 Å². The number of nitrogens with two attached hydrogens (primary N) is 1. The molecule has 0 bridgehead atoms. The molecule has 2 aromatic carbocycles. The third-order valence-corrected chi connectivity index (χ3v) is 4.23. The maximum Gasteiger partial charge on any atom is 0.0630 e. The van der Waals surface area contributed by atoms with Gasteiger partial charge in [0, 0.05) is 13.6 Å². The molecule has 0 radical (unpaired) electrons. The third-order valence-electron chi connectivity index (χ3n) is 4.23. The number of benzene rings is 2. The zero-order chi connectivity index (χ0) is 14.1. The highest BCUT2D eigenvalue weighted by molar-refractivity contribution is 5.71. The first kappa shape index (κ1) is 13.0. The Morgan fingerprint density at radius 2 is 1.90 bits per heavy atom. The molecule has 1 aliphatic carbocycles. The Bertz CT molecular complexity index is 611. The van der Waals surface area contributed by atoms with Gasteiger partial charge < -0.3 is 10.6 Å². The first-order valence-electron chi connectivity index (χ1n) is 7.32. The molecule has 0 saturated carbocycles. The summed E-state index contributed by atoms with van der Waals surface area (Å²) in [5, 5.41) is 0. The van der Waals surface area contributed by atoms with Crippen molar-refractivity contribution in [1.29, 1.82) is 0 Å². The van der Waals surface area contributed by atoms with Crippen LogP contribution in [0.4, 0.5) is 11.4 Å². The number of nitrogen functional groups attached to an aromatic ring is 1. The van der Waals surface area contributed by atoms with Crippen LogP contribution in [0.5, 0.6) is 0 Å². The minimum Gasteiger partial charge on any atom is -0.397 e. The average Bonchev–Trinajstić information content (AvgIpc) is 2.85. The molecule has 3 rings (SSSR count). The van der Waals surface area contributed by atoms with E-state index in [1.807, 2.05) is 12.1 Å². The summed E-state index contributed by atoms with van der Waals surface area (Å²) in [6.07, 6.45) is 3.79. The lowest BCUT2D eigenvalue weighted by Gasteiger charge is -2.23. The number of fused-ring (bicyclic) bond motifs is 1. The summed E-state index contributed by atoms with van der Waals surface area (Å²) in [7, 11) is 2.12. The van der Waals surface area contributed by atoms with Crippen molar-refractivity contribution in [1.82, 2.24) is 0 Å². The van der Waals surface area contributed by atoms with E-state index >= 15 is 0 Å². The molecule has 2 nitrogen and oxygen atoms in total. The van der Waals surface area contributed by atoms with Gasteiger partial charge in [0.25, 0.3) is 0 Å². The van der Waals surface area contributed by atoms with Crippen LogP contribution < -0.4 is 10.6 Å². The van der Waals surface area contributed by atoms with Gasteiger partial charge in [0.2, 0.25) is 0 Å². The fourth-order valence-electron chi connectivity index (χ4n) is 3.28. The van der Waals surface area contributed by atoms with Crippen LogP contribution in [0.2, 0.25) is 0 Å². The Morgan fingerprint density at radius 1 is 1.10 bits per heavy atom. The van der Waals surface area contributed by atoms with E-state index in [-0.39, 0.29) is 0 Å². The van der Waals surface area contributed by atoms with Gasteiger partial charge in [-0.25, -0.2) is 0 Å². The van der Waals surface area contributed by atoms with E-state index in [4.69, 9.17) is 5.73 Å².